The molecule has 1 amide bonds. The average molecular weight is 463 g/mol. The van der Waals surface area contributed by atoms with Crippen molar-refractivity contribution in [3.63, 3.8) is 0 Å². The Morgan fingerprint density at radius 2 is 1.83 bits per heavy atom. The van der Waals surface area contributed by atoms with E-state index < -0.39 is 15.9 Å². The van der Waals surface area contributed by atoms with Gasteiger partial charge in [0.25, 0.3) is 15.9 Å². The van der Waals surface area contributed by atoms with Crippen LogP contribution in [-0.4, -0.2) is 37.3 Å². The van der Waals surface area contributed by atoms with Crippen molar-refractivity contribution in [2.75, 3.05) is 22.4 Å². The lowest BCUT2D eigenvalue weighted by Gasteiger charge is -2.22. The molecular weight excluding hydrogens is 440 g/mol. The Kier molecular flexibility index (Phi) is 7.11. The number of amides is 1. The summed E-state index contributed by atoms with van der Waals surface area (Å²) in [5.41, 5.74) is 1.47. The van der Waals surface area contributed by atoms with Crippen molar-refractivity contribution in [2.45, 2.75) is 29.5 Å². The van der Waals surface area contributed by atoms with Gasteiger partial charge in [-0.25, -0.2) is 8.42 Å². The number of carbonyl (C=O) groups is 1. The first-order chi connectivity index (χ1) is 14.3. The Bertz CT molecular complexity index is 1130. The Morgan fingerprint density at radius 3 is 2.53 bits per heavy atom. The van der Waals surface area contributed by atoms with Crippen LogP contribution in [0.25, 0.3) is 0 Å². The number of thioether (sulfide) groups is 1. The van der Waals surface area contributed by atoms with Gasteiger partial charge in [-0.2, -0.15) is 0 Å². The SMILES string of the molecule is CCCSc1nnc(NC(=O)c2ccccc2N(C)S(=O)(=O)c2ccc(C)cc2)s1. The minimum atomic E-state index is -3.82. The maximum atomic E-state index is 13.1. The summed E-state index contributed by atoms with van der Waals surface area (Å²) in [5, 5.41) is 11.1. The van der Waals surface area contributed by atoms with E-state index in [1.807, 2.05) is 6.92 Å². The predicted molar refractivity (Wildman–Crippen MR) is 122 cm³/mol. The average Bonchev–Trinajstić information content (AvgIpc) is 3.19. The second-order valence-corrected chi connectivity index (χ2v) is 10.8. The zero-order valence-electron chi connectivity index (χ0n) is 16.8. The number of anilines is 2. The van der Waals surface area contributed by atoms with Crippen LogP contribution in [0.2, 0.25) is 0 Å². The summed E-state index contributed by atoms with van der Waals surface area (Å²) >= 11 is 2.87. The first-order valence-electron chi connectivity index (χ1n) is 9.25. The fourth-order valence-corrected chi connectivity index (χ4v) is 5.50. The van der Waals surface area contributed by atoms with Crippen LogP contribution in [0.4, 0.5) is 10.8 Å². The van der Waals surface area contributed by atoms with Gasteiger partial charge in [0, 0.05) is 12.8 Å². The Labute approximate surface area is 184 Å². The molecule has 10 heteroatoms. The zero-order valence-corrected chi connectivity index (χ0v) is 19.3. The molecule has 0 bridgehead atoms. The number of hydrogen-bond donors (Lipinski definition) is 1. The smallest absolute Gasteiger partial charge is 0.264 e. The van der Waals surface area contributed by atoms with Crippen molar-refractivity contribution in [2.24, 2.45) is 0 Å². The lowest BCUT2D eigenvalue weighted by molar-refractivity contribution is 0.102. The molecule has 0 radical (unpaired) electrons. The number of carbonyl (C=O) groups excluding carboxylic acids is 1. The van der Waals surface area contributed by atoms with E-state index in [0.717, 1.165) is 26.4 Å². The number of para-hydroxylation sites is 1. The molecule has 3 rings (SSSR count). The van der Waals surface area contributed by atoms with Gasteiger partial charge >= 0.3 is 0 Å². The van der Waals surface area contributed by atoms with E-state index in [4.69, 9.17) is 0 Å². The summed E-state index contributed by atoms with van der Waals surface area (Å²) in [4.78, 5) is 13.0. The lowest BCUT2D eigenvalue weighted by Crippen LogP contribution is -2.29. The summed E-state index contributed by atoms with van der Waals surface area (Å²) in [7, 11) is -2.38. The highest BCUT2D eigenvalue weighted by molar-refractivity contribution is 8.01. The third kappa shape index (κ3) is 5.00. The van der Waals surface area contributed by atoms with Crippen molar-refractivity contribution in [3.8, 4) is 0 Å². The summed E-state index contributed by atoms with van der Waals surface area (Å²) in [6.07, 6.45) is 1.01. The number of aryl methyl sites for hydroxylation is 1. The van der Waals surface area contributed by atoms with Gasteiger partial charge < -0.3 is 0 Å². The molecule has 0 aliphatic carbocycles. The maximum absolute atomic E-state index is 13.1. The highest BCUT2D eigenvalue weighted by Gasteiger charge is 2.25. The van der Waals surface area contributed by atoms with Crippen molar-refractivity contribution in [1.29, 1.82) is 0 Å². The molecule has 0 saturated carbocycles. The number of hydrogen-bond acceptors (Lipinski definition) is 7. The third-order valence-corrected chi connectivity index (χ3v) is 8.19. The monoisotopic (exact) mass is 462 g/mol. The van der Waals surface area contributed by atoms with Gasteiger partial charge in [-0.05, 0) is 37.6 Å². The Morgan fingerprint density at radius 1 is 1.13 bits per heavy atom. The molecule has 0 fully saturated rings. The number of sulfonamides is 1. The van der Waals surface area contributed by atoms with Crippen molar-refractivity contribution < 1.29 is 13.2 Å². The van der Waals surface area contributed by atoms with Gasteiger partial charge in [-0.1, -0.05) is 59.9 Å². The summed E-state index contributed by atoms with van der Waals surface area (Å²) in [6.45, 7) is 3.97. The molecule has 3 aromatic rings. The third-order valence-electron chi connectivity index (χ3n) is 4.22. The molecule has 0 aliphatic rings. The van der Waals surface area contributed by atoms with Crippen molar-refractivity contribution in [3.05, 3.63) is 59.7 Å². The molecule has 2 aromatic carbocycles. The quantitative estimate of drug-likeness (QED) is 0.393. The van der Waals surface area contributed by atoms with E-state index in [1.165, 1.54) is 18.4 Å². The number of aromatic nitrogens is 2. The van der Waals surface area contributed by atoms with Crippen LogP contribution in [0.5, 0.6) is 0 Å². The Balaban J connectivity index is 1.85. The molecule has 158 valence electrons. The molecule has 7 nitrogen and oxygen atoms in total. The van der Waals surface area contributed by atoms with Crippen LogP contribution in [0.15, 0.2) is 57.8 Å². The summed E-state index contributed by atoms with van der Waals surface area (Å²) in [6, 6.07) is 13.2. The highest BCUT2D eigenvalue weighted by Crippen LogP contribution is 2.29. The largest absolute Gasteiger partial charge is 0.296 e. The van der Waals surface area contributed by atoms with E-state index in [0.29, 0.717) is 5.13 Å². The van der Waals surface area contributed by atoms with Gasteiger partial charge in [-0.15, -0.1) is 10.2 Å². The van der Waals surface area contributed by atoms with Gasteiger partial charge in [0.15, 0.2) is 4.34 Å². The minimum absolute atomic E-state index is 0.160. The van der Waals surface area contributed by atoms with E-state index >= 15 is 0 Å². The molecule has 1 N–H and O–H groups in total. The van der Waals surface area contributed by atoms with Crippen LogP contribution in [0, 0.1) is 6.92 Å². The van der Waals surface area contributed by atoms with Crippen LogP contribution < -0.4 is 9.62 Å². The number of rotatable bonds is 8. The minimum Gasteiger partial charge on any atom is -0.296 e. The number of nitrogens with one attached hydrogen (secondary N) is 1. The lowest BCUT2D eigenvalue weighted by atomic mass is 10.1. The standard InChI is InChI=1S/C20H22N4O3S3/c1-4-13-28-20-23-22-19(29-20)21-18(25)16-7-5-6-8-17(16)24(3)30(26,27)15-11-9-14(2)10-12-15/h5-12H,4,13H2,1-3H3,(H,21,22,25). The highest BCUT2D eigenvalue weighted by atomic mass is 32.2. The molecule has 1 heterocycles. The van der Waals surface area contributed by atoms with E-state index in [1.54, 1.807) is 60.3 Å². The van der Waals surface area contributed by atoms with Gasteiger partial charge in [0.05, 0.1) is 16.1 Å². The molecule has 0 atom stereocenters. The van der Waals surface area contributed by atoms with Crippen LogP contribution in [0.1, 0.15) is 29.3 Å². The summed E-state index contributed by atoms with van der Waals surface area (Å²) < 4.78 is 28.0. The number of nitrogens with zero attached hydrogens (tertiary/aromatic N) is 3. The maximum Gasteiger partial charge on any atom is 0.264 e. The second kappa shape index (κ2) is 9.59. The molecule has 30 heavy (non-hydrogen) atoms. The topological polar surface area (TPSA) is 92.3 Å². The molecular formula is C20H22N4O3S3. The van der Waals surface area contributed by atoms with Crippen LogP contribution >= 0.6 is 23.1 Å². The fraction of sp³-hybridized carbons (Fsp3) is 0.250. The first-order valence-corrected chi connectivity index (χ1v) is 12.5. The van der Waals surface area contributed by atoms with Crippen molar-refractivity contribution >= 4 is 49.8 Å². The normalized spacial score (nSPS) is 11.3. The van der Waals surface area contributed by atoms with E-state index in [9.17, 15) is 13.2 Å². The Hall–Kier alpha value is -2.43. The number of benzene rings is 2. The zero-order chi connectivity index (χ0) is 21.7. The van der Waals surface area contributed by atoms with E-state index in [2.05, 4.69) is 22.4 Å². The van der Waals surface area contributed by atoms with Gasteiger partial charge in [0.1, 0.15) is 0 Å². The molecule has 0 saturated heterocycles. The van der Waals surface area contributed by atoms with E-state index in [-0.39, 0.29) is 16.1 Å². The molecule has 0 aliphatic heterocycles. The molecule has 0 unspecified atom stereocenters. The molecule has 1 aromatic heterocycles. The van der Waals surface area contributed by atoms with Crippen LogP contribution in [0.3, 0.4) is 0 Å². The fourth-order valence-electron chi connectivity index (χ4n) is 2.61. The van der Waals surface area contributed by atoms with Gasteiger partial charge in [-0.3, -0.25) is 14.4 Å². The second-order valence-electron chi connectivity index (χ2n) is 6.48. The van der Waals surface area contributed by atoms with Crippen molar-refractivity contribution in [1.82, 2.24) is 10.2 Å². The summed E-state index contributed by atoms with van der Waals surface area (Å²) in [5.74, 6) is 0.479. The predicted octanol–water partition coefficient (Wildman–Crippen LogP) is 4.43. The van der Waals surface area contributed by atoms with Crippen LogP contribution in [-0.2, 0) is 10.0 Å². The van der Waals surface area contributed by atoms with Gasteiger partial charge in [0.2, 0.25) is 5.13 Å². The molecule has 0 spiro atoms. The first kappa shape index (κ1) is 22.3.